The highest BCUT2D eigenvalue weighted by Gasteiger charge is 2.20. The summed E-state index contributed by atoms with van der Waals surface area (Å²) in [5, 5.41) is 3.35. The first-order valence-electron chi connectivity index (χ1n) is 9.12. The van der Waals surface area contributed by atoms with Crippen LogP contribution in [0, 0.1) is 0 Å². The number of hydrogen-bond acceptors (Lipinski definition) is 4. The van der Waals surface area contributed by atoms with Crippen LogP contribution in [0.5, 0.6) is 5.75 Å². The topological polar surface area (TPSA) is 94.6 Å². The van der Waals surface area contributed by atoms with Gasteiger partial charge in [-0.15, -0.1) is 0 Å². The highest BCUT2D eigenvalue weighted by atomic mass is 79.9. The van der Waals surface area contributed by atoms with Gasteiger partial charge in [0.2, 0.25) is 5.76 Å². The summed E-state index contributed by atoms with van der Waals surface area (Å²) in [4.78, 5) is 24.5. The van der Waals surface area contributed by atoms with Crippen molar-refractivity contribution in [3.63, 3.8) is 0 Å². The molecule has 3 aromatic carbocycles. The maximum Gasteiger partial charge on any atom is 0.286 e. The number of furan rings is 1. The molecule has 0 aliphatic rings. The Kier molecular flexibility index (Phi) is 5.54. The molecule has 1 aromatic heterocycles. The predicted octanol–water partition coefficient (Wildman–Crippen LogP) is 5.13. The van der Waals surface area contributed by atoms with Gasteiger partial charge in [-0.2, -0.15) is 0 Å². The molecule has 150 valence electrons. The zero-order chi connectivity index (χ0) is 21.1. The zero-order valence-electron chi connectivity index (χ0n) is 15.7. The number of nitrogens with one attached hydrogen (secondary N) is 1. The van der Waals surface area contributed by atoms with Crippen LogP contribution in [-0.2, 0) is 6.61 Å². The number of ether oxygens (including phenoxy) is 1. The van der Waals surface area contributed by atoms with E-state index in [-0.39, 0.29) is 17.4 Å². The molecule has 1 heterocycles. The van der Waals surface area contributed by atoms with Crippen molar-refractivity contribution in [1.29, 1.82) is 0 Å². The standard InChI is InChI=1S/C23H17BrN2O4/c24-17-6-2-4-8-19(17)29-13-14-9-11-15(12-10-14)23(28)26-20-16-5-1-3-7-18(16)30-21(20)22(25)27/h1-12H,13H2,(H2,25,27)(H,26,28). The van der Waals surface area contributed by atoms with Crippen molar-refractivity contribution in [2.24, 2.45) is 5.73 Å². The SMILES string of the molecule is NC(=O)c1oc2ccccc2c1NC(=O)c1ccc(COc2ccccc2Br)cc1. The molecule has 0 spiro atoms. The number of halogens is 1. The summed E-state index contributed by atoms with van der Waals surface area (Å²) >= 11 is 3.44. The second-order valence-electron chi connectivity index (χ2n) is 6.54. The van der Waals surface area contributed by atoms with Gasteiger partial charge in [0.15, 0.2) is 0 Å². The molecule has 4 rings (SSSR count). The molecule has 4 aromatic rings. The lowest BCUT2D eigenvalue weighted by atomic mass is 10.1. The van der Waals surface area contributed by atoms with E-state index in [9.17, 15) is 9.59 Å². The van der Waals surface area contributed by atoms with Crippen molar-refractivity contribution in [3.8, 4) is 5.75 Å². The maximum atomic E-state index is 12.7. The molecule has 6 nitrogen and oxygen atoms in total. The summed E-state index contributed by atoms with van der Waals surface area (Å²) in [5.74, 6) is -0.462. The number of nitrogens with two attached hydrogens (primary N) is 1. The van der Waals surface area contributed by atoms with Gasteiger partial charge in [0.25, 0.3) is 11.8 Å². The minimum atomic E-state index is -0.749. The Bertz CT molecular complexity index is 1230. The van der Waals surface area contributed by atoms with E-state index in [2.05, 4.69) is 21.2 Å². The molecule has 30 heavy (non-hydrogen) atoms. The number of rotatable bonds is 6. The van der Waals surface area contributed by atoms with Gasteiger partial charge in [-0.1, -0.05) is 36.4 Å². The summed E-state index contributed by atoms with van der Waals surface area (Å²) in [6.45, 7) is 0.364. The van der Waals surface area contributed by atoms with Crippen molar-refractivity contribution < 1.29 is 18.7 Å². The Morgan fingerprint density at radius 1 is 0.967 bits per heavy atom. The third-order valence-electron chi connectivity index (χ3n) is 4.50. The van der Waals surface area contributed by atoms with Crippen LogP contribution in [0.15, 0.2) is 81.7 Å². The second-order valence-corrected chi connectivity index (χ2v) is 7.39. The number of hydrogen-bond donors (Lipinski definition) is 2. The third-order valence-corrected chi connectivity index (χ3v) is 5.16. The molecule has 0 aliphatic carbocycles. The fourth-order valence-electron chi connectivity index (χ4n) is 3.00. The quantitative estimate of drug-likeness (QED) is 0.413. The fourth-order valence-corrected chi connectivity index (χ4v) is 3.40. The second kappa shape index (κ2) is 8.42. The Labute approximate surface area is 180 Å². The summed E-state index contributed by atoms with van der Waals surface area (Å²) < 4.78 is 12.2. The summed E-state index contributed by atoms with van der Waals surface area (Å²) in [5.41, 5.74) is 7.49. The first-order valence-corrected chi connectivity index (χ1v) is 9.91. The van der Waals surface area contributed by atoms with E-state index in [4.69, 9.17) is 14.9 Å². The van der Waals surface area contributed by atoms with Gasteiger partial charge in [0.1, 0.15) is 23.6 Å². The normalized spacial score (nSPS) is 10.7. The molecule has 3 N–H and O–H groups in total. The number of carbonyl (C=O) groups excluding carboxylic acids is 2. The van der Waals surface area contributed by atoms with E-state index < -0.39 is 5.91 Å². The number of primary amides is 1. The summed E-state index contributed by atoms with van der Waals surface area (Å²) in [7, 11) is 0. The Hall–Kier alpha value is -3.58. The number of amides is 2. The van der Waals surface area contributed by atoms with Gasteiger partial charge in [0, 0.05) is 10.9 Å². The average molecular weight is 465 g/mol. The molecule has 0 saturated heterocycles. The number of benzene rings is 3. The van der Waals surface area contributed by atoms with Crippen molar-refractivity contribution >= 4 is 44.4 Å². The van der Waals surface area contributed by atoms with Crippen LogP contribution in [0.25, 0.3) is 11.0 Å². The van der Waals surface area contributed by atoms with Crippen LogP contribution in [0.4, 0.5) is 5.69 Å². The van der Waals surface area contributed by atoms with Crippen molar-refractivity contribution in [1.82, 2.24) is 0 Å². The highest BCUT2D eigenvalue weighted by molar-refractivity contribution is 9.10. The van der Waals surface area contributed by atoms with Gasteiger partial charge in [-0.05, 0) is 57.9 Å². The maximum absolute atomic E-state index is 12.7. The van der Waals surface area contributed by atoms with Crippen LogP contribution in [-0.4, -0.2) is 11.8 Å². The predicted molar refractivity (Wildman–Crippen MR) is 118 cm³/mol. The van der Waals surface area contributed by atoms with Crippen LogP contribution < -0.4 is 15.8 Å². The van der Waals surface area contributed by atoms with E-state index in [1.165, 1.54) is 0 Å². The number of carbonyl (C=O) groups is 2. The summed E-state index contributed by atoms with van der Waals surface area (Å²) in [6, 6.07) is 21.6. The van der Waals surface area contributed by atoms with Gasteiger partial charge in [-0.3, -0.25) is 9.59 Å². The van der Waals surface area contributed by atoms with E-state index in [1.54, 1.807) is 36.4 Å². The molecule has 0 saturated carbocycles. The Morgan fingerprint density at radius 2 is 1.67 bits per heavy atom. The van der Waals surface area contributed by atoms with Gasteiger partial charge in [-0.25, -0.2) is 0 Å². The average Bonchev–Trinajstić information content (AvgIpc) is 3.12. The van der Waals surface area contributed by atoms with Crippen LogP contribution in [0.3, 0.4) is 0 Å². The third kappa shape index (κ3) is 4.06. The molecule has 7 heteroatoms. The smallest absolute Gasteiger partial charge is 0.286 e. The largest absolute Gasteiger partial charge is 0.488 e. The molecule has 0 fully saturated rings. The Morgan fingerprint density at radius 3 is 2.40 bits per heavy atom. The van der Waals surface area contributed by atoms with E-state index in [1.807, 2.05) is 36.4 Å². The summed E-state index contributed by atoms with van der Waals surface area (Å²) in [6.07, 6.45) is 0. The van der Waals surface area contributed by atoms with E-state index in [0.29, 0.717) is 23.1 Å². The molecule has 0 atom stereocenters. The van der Waals surface area contributed by atoms with Crippen molar-refractivity contribution in [2.75, 3.05) is 5.32 Å². The highest BCUT2D eigenvalue weighted by Crippen LogP contribution is 2.31. The lowest BCUT2D eigenvalue weighted by Crippen LogP contribution is -2.17. The van der Waals surface area contributed by atoms with E-state index in [0.717, 1.165) is 15.8 Å². The minimum absolute atomic E-state index is 0.0805. The van der Waals surface area contributed by atoms with Crippen LogP contribution in [0.1, 0.15) is 26.5 Å². The van der Waals surface area contributed by atoms with Crippen molar-refractivity contribution in [3.05, 3.63) is 94.2 Å². The monoisotopic (exact) mass is 464 g/mol. The zero-order valence-corrected chi connectivity index (χ0v) is 17.3. The van der Waals surface area contributed by atoms with Gasteiger partial charge in [0.05, 0.1) is 4.47 Å². The van der Waals surface area contributed by atoms with Gasteiger partial charge >= 0.3 is 0 Å². The first-order chi connectivity index (χ1) is 14.5. The molecular weight excluding hydrogens is 448 g/mol. The molecule has 0 bridgehead atoms. The van der Waals surface area contributed by atoms with Crippen LogP contribution in [0.2, 0.25) is 0 Å². The lowest BCUT2D eigenvalue weighted by Gasteiger charge is -2.09. The lowest BCUT2D eigenvalue weighted by molar-refractivity contribution is 0.0977. The first kappa shape index (κ1) is 19.7. The van der Waals surface area contributed by atoms with Gasteiger partial charge < -0.3 is 20.2 Å². The van der Waals surface area contributed by atoms with Crippen LogP contribution >= 0.6 is 15.9 Å². The molecule has 2 amide bonds. The number of fused-ring (bicyclic) bond motifs is 1. The number of anilines is 1. The molecule has 0 unspecified atom stereocenters. The Balaban J connectivity index is 1.50. The minimum Gasteiger partial charge on any atom is -0.488 e. The molecule has 0 radical (unpaired) electrons. The number of para-hydroxylation sites is 2. The molecule has 0 aliphatic heterocycles. The molecular formula is C23H17BrN2O4. The van der Waals surface area contributed by atoms with Crippen molar-refractivity contribution in [2.45, 2.75) is 6.61 Å². The fraction of sp³-hybridized carbons (Fsp3) is 0.0435. The van der Waals surface area contributed by atoms with E-state index >= 15 is 0 Å².